The van der Waals surface area contributed by atoms with Crippen LogP contribution in [-0.2, 0) is 9.53 Å². The fraction of sp³-hybridized carbons (Fsp3) is 0.391. The summed E-state index contributed by atoms with van der Waals surface area (Å²) in [6.07, 6.45) is 2.93. The van der Waals surface area contributed by atoms with Gasteiger partial charge < -0.3 is 9.84 Å². The zero-order valence-corrected chi connectivity index (χ0v) is 15.6. The van der Waals surface area contributed by atoms with Crippen LogP contribution in [0.1, 0.15) is 42.7 Å². The third-order valence-electron chi connectivity index (χ3n) is 6.43. The SMILES string of the molecule is O=C(O)C1CCC(C2CC2)N1C(=O)OCC1c2ccccc2-c2ccccc21. The molecule has 1 amide bonds. The lowest BCUT2D eigenvalue weighted by Gasteiger charge is -2.28. The molecule has 2 fully saturated rings. The summed E-state index contributed by atoms with van der Waals surface area (Å²) in [6.45, 7) is 0.229. The van der Waals surface area contributed by atoms with Gasteiger partial charge in [-0.3, -0.25) is 4.90 Å². The lowest BCUT2D eigenvalue weighted by atomic mass is 9.98. The topological polar surface area (TPSA) is 66.8 Å². The molecule has 0 bridgehead atoms. The molecular weight excluding hydrogens is 354 g/mol. The molecule has 28 heavy (non-hydrogen) atoms. The Balaban J connectivity index is 1.37. The number of likely N-dealkylation sites (tertiary alicyclic amines) is 1. The van der Waals surface area contributed by atoms with E-state index >= 15 is 0 Å². The normalized spacial score (nSPS) is 23.4. The molecule has 2 aromatic carbocycles. The van der Waals surface area contributed by atoms with Gasteiger partial charge >= 0.3 is 12.1 Å². The van der Waals surface area contributed by atoms with E-state index in [2.05, 4.69) is 24.3 Å². The number of amides is 1. The summed E-state index contributed by atoms with van der Waals surface area (Å²) in [4.78, 5) is 26.1. The molecule has 1 heterocycles. The molecule has 5 nitrogen and oxygen atoms in total. The van der Waals surface area contributed by atoms with Crippen molar-refractivity contribution in [2.45, 2.75) is 43.7 Å². The van der Waals surface area contributed by atoms with E-state index in [4.69, 9.17) is 4.74 Å². The van der Waals surface area contributed by atoms with Gasteiger partial charge in [-0.25, -0.2) is 9.59 Å². The second-order valence-electron chi connectivity index (χ2n) is 8.05. The highest BCUT2D eigenvalue weighted by Crippen LogP contribution is 2.45. The van der Waals surface area contributed by atoms with Crippen molar-refractivity contribution >= 4 is 12.1 Å². The number of fused-ring (bicyclic) bond motifs is 3. The first-order chi connectivity index (χ1) is 13.6. The van der Waals surface area contributed by atoms with Crippen molar-refractivity contribution in [3.63, 3.8) is 0 Å². The molecule has 1 saturated heterocycles. The summed E-state index contributed by atoms with van der Waals surface area (Å²) in [5.74, 6) is -0.511. The van der Waals surface area contributed by atoms with E-state index in [0.717, 1.165) is 30.4 Å². The van der Waals surface area contributed by atoms with Crippen molar-refractivity contribution in [2.24, 2.45) is 5.92 Å². The van der Waals surface area contributed by atoms with E-state index in [-0.39, 0.29) is 18.6 Å². The average molecular weight is 377 g/mol. The molecule has 0 radical (unpaired) electrons. The van der Waals surface area contributed by atoms with E-state index in [1.807, 2.05) is 24.3 Å². The van der Waals surface area contributed by atoms with E-state index in [1.165, 1.54) is 16.0 Å². The molecule has 0 aromatic heterocycles. The van der Waals surface area contributed by atoms with Gasteiger partial charge in [-0.05, 0) is 53.9 Å². The number of benzene rings is 2. The molecule has 2 aliphatic carbocycles. The number of rotatable bonds is 4. The van der Waals surface area contributed by atoms with Crippen LogP contribution in [0.15, 0.2) is 48.5 Å². The van der Waals surface area contributed by atoms with Crippen molar-refractivity contribution in [1.82, 2.24) is 4.90 Å². The fourth-order valence-electron chi connectivity index (χ4n) is 4.96. The van der Waals surface area contributed by atoms with Crippen molar-refractivity contribution < 1.29 is 19.4 Å². The first kappa shape index (κ1) is 17.3. The summed E-state index contributed by atoms with van der Waals surface area (Å²) >= 11 is 0. The van der Waals surface area contributed by atoms with E-state index in [9.17, 15) is 14.7 Å². The number of ether oxygens (including phenoxy) is 1. The van der Waals surface area contributed by atoms with Gasteiger partial charge in [-0.1, -0.05) is 48.5 Å². The van der Waals surface area contributed by atoms with Crippen LogP contribution in [0.5, 0.6) is 0 Å². The van der Waals surface area contributed by atoms with Crippen LogP contribution in [0.4, 0.5) is 4.79 Å². The number of carboxylic acid groups (broad SMARTS) is 1. The molecular formula is C23H23NO4. The van der Waals surface area contributed by atoms with Crippen molar-refractivity contribution in [3.05, 3.63) is 59.7 Å². The molecule has 1 saturated carbocycles. The molecule has 0 spiro atoms. The van der Waals surface area contributed by atoms with Crippen LogP contribution >= 0.6 is 0 Å². The van der Waals surface area contributed by atoms with Gasteiger partial charge in [0.2, 0.25) is 0 Å². The van der Waals surface area contributed by atoms with Gasteiger partial charge in [-0.2, -0.15) is 0 Å². The Hall–Kier alpha value is -2.82. The van der Waals surface area contributed by atoms with Gasteiger partial charge in [-0.15, -0.1) is 0 Å². The van der Waals surface area contributed by atoms with Gasteiger partial charge in [0, 0.05) is 12.0 Å². The maximum Gasteiger partial charge on any atom is 0.410 e. The third kappa shape index (κ3) is 2.77. The minimum atomic E-state index is -0.934. The molecule has 2 atom stereocenters. The zero-order valence-electron chi connectivity index (χ0n) is 15.6. The van der Waals surface area contributed by atoms with Crippen LogP contribution in [0.2, 0.25) is 0 Å². The van der Waals surface area contributed by atoms with Crippen molar-refractivity contribution in [3.8, 4) is 11.1 Å². The highest BCUT2D eigenvalue weighted by molar-refractivity contribution is 5.82. The number of nitrogens with zero attached hydrogens (tertiary/aromatic N) is 1. The molecule has 5 rings (SSSR count). The van der Waals surface area contributed by atoms with Crippen LogP contribution in [-0.4, -0.2) is 40.8 Å². The minimum Gasteiger partial charge on any atom is -0.480 e. The van der Waals surface area contributed by atoms with E-state index in [0.29, 0.717) is 12.3 Å². The van der Waals surface area contributed by atoms with Crippen LogP contribution < -0.4 is 0 Å². The Morgan fingerprint density at radius 1 is 0.929 bits per heavy atom. The number of hydrogen-bond acceptors (Lipinski definition) is 3. The lowest BCUT2D eigenvalue weighted by Crippen LogP contribution is -2.46. The Kier molecular flexibility index (Phi) is 4.11. The molecule has 1 N–H and O–H groups in total. The van der Waals surface area contributed by atoms with Crippen molar-refractivity contribution in [1.29, 1.82) is 0 Å². The quantitative estimate of drug-likeness (QED) is 0.864. The number of aliphatic carboxylic acids is 1. The number of carboxylic acids is 1. The summed E-state index contributed by atoms with van der Waals surface area (Å²) in [5.41, 5.74) is 4.68. The van der Waals surface area contributed by atoms with Gasteiger partial charge in [0.15, 0.2) is 0 Å². The minimum absolute atomic E-state index is 0.0109. The predicted octanol–water partition coefficient (Wildman–Crippen LogP) is 4.26. The Bertz CT molecular complexity index is 890. The molecule has 2 unspecified atom stereocenters. The van der Waals surface area contributed by atoms with E-state index in [1.54, 1.807) is 0 Å². The summed E-state index contributed by atoms with van der Waals surface area (Å²) in [6, 6.07) is 15.6. The first-order valence-corrected chi connectivity index (χ1v) is 10.0. The molecule has 3 aliphatic rings. The largest absolute Gasteiger partial charge is 0.480 e. The van der Waals surface area contributed by atoms with Crippen LogP contribution in [0.25, 0.3) is 11.1 Å². The second kappa shape index (κ2) is 6.66. The number of hydrogen-bond donors (Lipinski definition) is 1. The van der Waals surface area contributed by atoms with E-state index < -0.39 is 18.1 Å². The predicted molar refractivity (Wildman–Crippen MR) is 104 cm³/mol. The summed E-state index contributed by atoms with van der Waals surface area (Å²) in [5, 5.41) is 9.54. The Morgan fingerprint density at radius 3 is 2.11 bits per heavy atom. The third-order valence-corrected chi connectivity index (χ3v) is 6.43. The lowest BCUT2D eigenvalue weighted by molar-refractivity contribution is -0.142. The molecule has 1 aliphatic heterocycles. The fourth-order valence-corrected chi connectivity index (χ4v) is 4.96. The zero-order chi connectivity index (χ0) is 19.3. The average Bonchev–Trinajstić information content (AvgIpc) is 3.37. The van der Waals surface area contributed by atoms with Gasteiger partial charge in [0.05, 0.1) is 0 Å². The highest BCUT2D eigenvalue weighted by Gasteiger charge is 2.48. The first-order valence-electron chi connectivity index (χ1n) is 10.0. The van der Waals surface area contributed by atoms with Crippen molar-refractivity contribution in [2.75, 3.05) is 6.61 Å². The number of carbonyl (C=O) groups excluding carboxylic acids is 1. The summed E-state index contributed by atoms with van der Waals surface area (Å²) in [7, 11) is 0. The standard InChI is InChI=1S/C23H23NO4/c25-22(26)21-12-11-20(14-9-10-14)24(21)23(27)28-13-19-17-7-3-1-5-15(17)16-6-2-4-8-18(16)19/h1-8,14,19-21H,9-13H2,(H,25,26). The monoisotopic (exact) mass is 377 g/mol. The Morgan fingerprint density at radius 2 is 1.54 bits per heavy atom. The second-order valence-corrected chi connectivity index (χ2v) is 8.05. The molecule has 2 aromatic rings. The van der Waals surface area contributed by atoms with Crippen LogP contribution in [0, 0.1) is 5.92 Å². The van der Waals surface area contributed by atoms with Crippen LogP contribution in [0.3, 0.4) is 0 Å². The van der Waals surface area contributed by atoms with Gasteiger partial charge in [0.1, 0.15) is 12.6 Å². The van der Waals surface area contributed by atoms with Gasteiger partial charge in [0.25, 0.3) is 0 Å². The highest BCUT2D eigenvalue weighted by atomic mass is 16.6. The summed E-state index contributed by atoms with van der Waals surface area (Å²) < 4.78 is 5.74. The Labute approximate surface area is 163 Å². The molecule has 144 valence electrons. The maximum absolute atomic E-state index is 12.9. The smallest absolute Gasteiger partial charge is 0.410 e. The maximum atomic E-state index is 12.9. The molecule has 5 heteroatoms. The number of carbonyl (C=O) groups is 2.